The molecule has 3 aromatic rings. The van der Waals surface area contributed by atoms with Crippen molar-refractivity contribution in [2.75, 3.05) is 7.11 Å². The summed E-state index contributed by atoms with van der Waals surface area (Å²) >= 11 is 0. The monoisotopic (exact) mass is 377 g/mol. The summed E-state index contributed by atoms with van der Waals surface area (Å²) in [6.07, 6.45) is 0. The normalized spacial score (nSPS) is 10.8. The summed E-state index contributed by atoms with van der Waals surface area (Å²) in [6.45, 7) is -3.50. The average molecular weight is 377 g/mol. The highest BCUT2D eigenvalue weighted by atomic mass is 19.3. The number of hydrogen-bond acceptors (Lipinski definition) is 7. The van der Waals surface area contributed by atoms with Crippen molar-refractivity contribution in [3.05, 3.63) is 58.4 Å². The van der Waals surface area contributed by atoms with Crippen LogP contribution in [0, 0.1) is 0 Å². The van der Waals surface area contributed by atoms with E-state index in [1.165, 1.54) is 19.2 Å². The first kappa shape index (κ1) is 18.2. The van der Waals surface area contributed by atoms with Gasteiger partial charge in [0.05, 0.1) is 18.1 Å². The SMILES string of the molecule is COc1cc(C(=O)OCn2nnc3ccccc3c2=O)ccc1OC(F)F. The molecule has 0 radical (unpaired) electrons. The molecule has 27 heavy (non-hydrogen) atoms. The number of benzene rings is 2. The summed E-state index contributed by atoms with van der Waals surface area (Å²) in [6, 6.07) is 10.2. The van der Waals surface area contributed by atoms with Gasteiger partial charge in [0.1, 0.15) is 5.52 Å². The fourth-order valence-electron chi connectivity index (χ4n) is 2.30. The maximum absolute atomic E-state index is 12.3. The molecule has 1 aromatic heterocycles. The molecule has 3 rings (SSSR count). The first-order valence-electron chi connectivity index (χ1n) is 7.62. The lowest BCUT2D eigenvalue weighted by molar-refractivity contribution is -0.0512. The van der Waals surface area contributed by atoms with Crippen molar-refractivity contribution < 1.29 is 27.8 Å². The lowest BCUT2D eigenvalue weighted by atomic mass is 10.2. The largest absolute Gasteiger partial charge is 0.493 e. The van der Waals surface area contributed by atoms with Crippen molar-refractivity contribution in [1.29, 1.82) is 0 Å². The fourth-order valence-corrected chi connectivity index (χ4v) is 2.30. The smallest absolute Gasteiger partial charge is 0.387 e. The first-order valence-corrected chi connectivity index (χ1v) is 7.62. The van der Waals surface area contributed by atoms with Crippen LogP contribution in [-0.2, 0) is 11.5 Å². The van der Waals surface area contributed by atoms with Gasteiger partial charge in [0.15, 0.2) is 18.2 Å². The minimum absolute atomic E-state index is 0.0234. The highest BCUT2D eigenvalue weighted by Gasteiger charge is 2.16. The van der Waals surface area contributed by atoms with Crippen LogP contribution in [0.2, 0.25) is 0 Å². The van der Waals surface area contributed by atoms with E-state index < -0.39 is 24.9 Å². The molecule has 0 bridgehead atoms. The molecule has 0 spiro atoms. The minimum atomic E-state index is -3.03. The Kier molecular flexibility index (Phi) is 5.25. The average Bonchev–Trinajstić information content (AvgIpc) is 2.67. The molecule has 0 aliphatic heterocycles. The van der Waals surface area contributed by atoms with Crippen molar-refractivity contribution in [2.45, 2.75) is 13.3 Å². The number of methoxy groups -OCH3 is 1. The summed E-state index contributed by atoms with van der Waals surface area (Å²) in [5.41, 5.74) is -0.0219. The molecule has 0 unspecified atom stereocenters. The fraction of sp³-hybridized carbons (Fsp3) is 0.176. The summed E-state index contributed by atoms with van der Waals surface area (Å²) in [7, 11) is 1.24. The van der Waals surface area contributed by atoms with Gasteiger partial charge in [-0.15, -0.1) is 5.10 Å². The number of fused-ring (bicyclic) bond motifs is 1. The van der Waals surface area contributed by atoms with Crippen molar-refractivity contribution >= 4 is 16.9 Å². The zero-order chi connectivity index (χ0) is 19.4. The van der Waals surface area contributed by atoms with Crippen molar-refractivity contribution in [3.63, 3.8) is 0 Å². The van der Waals surface area contributed by atoms with E-state index in [-0.39, 0.29) is 17.1 Å². The van der Waals surface area contributed by atoms with E-state index in [2.05, 4.69) is 15.0 Å². The van der Waals surface area contributed by atoms with Gasteiger partial charge in [0, 0.05) is 0 Å². The molecule has 8 nitrogen and oxygen atoms in total. The molecule has 0 saturated heterocycles. The van der Waals surface area contributed by atoms with Crippen molar-refractivity contribution in [3.8, 4) is 11.5 Å². The molecular weight excluding hydrogens is 364 g/mol. The molecule has 0 saturated carbocycles. The predicted molar refractivity (Wildman–Crippen MR) is 88.8 cm³/mol. The Balaban J connectivity index is 1.76. The molecule has 0 fully saturated rings. The van der Waals surface area contributed by atoms with E-state index in [0.717, 1.165) is 10.7 Å². The van der Waals surface area contributed by atoms with E-state index in [1.54, 1.807) is 24.3 Å². The van der Waals surface area contributed by atoms with Crippen LogP contribution < -0.4 is 15.0 Å². The molecule has 2 aromatic carbocycles. The van der Waals surface area contributed by atoms with Crippen LogP contribution in [0.15, 0.2) is 47.3 Å². The number of alkyl halides is 2. The lowest BCUT2D eigenvalue weighted by Gasteiger charge is -2.11. The van der Waals surface area contributed by atoms with Gasteiger partial charge >= 0.3 is 12.6 Å². The maximum Gasteiger partial charge on any atom is 0.387 e. The van der Waals surface area contributed by atoms with Gasteiger partial charge in [0.25, 0.3) is 5.56 Å². The lowest BCUT2D eigenvalue weighted by Crippen LogP contribution is -2.26. The summed E-state index contributed by atoms with van der Waals surface area (Å²) < 4.78 is 39.8. The third-order valence-corrected chi connectivity index (χ3v) is 3.56. The molecule has 10 heteroatoms. The highest BCUT2D eigenvalue weighted by Crippen LogP contribution is 2.29. The van der Waals surface area contributed by atoms with Crippen LogP contribution in [0.5, 0.6) is 11.5 Å². The van der Waals surface area contributed by atoms with Gasteiger partial charge in [-0.1, -0.05) is 17.3 Å². The van der Waals surface area contributed by atoms with Gasteiger partial charge in [-0.05, 0) is 30.3 Å². The van der Waals surface area contributed by atoms with Gasteiger partial charge < -0.3 is 14.2 Å². The van der Waals surface area contributed by atoms with E-state index in [9.17, 15) is 18.4 Å². The Morgan fingerprint density at radius 3 is 2.70 bits per heavy atom. The number of carbonyl (C=O) groups excluding carboxylic acids is 1. The van der Waals surface area contributed by atoms with Crippen molar-refractivity contribution in [2.24, 2.45) is 0 Å². The molecule has 0 aliphatic rings. The van der Waals surface area contributed by atoms with E-state index in [0.29, 0.717) is 10.9 Å². The topological polar surface area (TPSA) is 92.5 Å². The van der Waals surface area contributed by atoms with E-state index in [4.69, 9.17) is 9.47 Å². The molecule has 1 heterocycles. The summed E-state index contributed by atoms with van der Waals surface area (Å²) in [5, 5.41) is 7.91. The zero-order valence-corrected chi connectivity index (χ0v) is 14.0. The number of ether oxygens (including phenoxy) is 3. The molecule has 0 amide bonds. The molecule has 140 valence electrons. The molecule has 0 N–H and O–H groups in total. The molecule has 0 aliphatic carbocycles. The number of halogens is 2. The quantitative estimate of drug-likeness (QED) is 0.608. The number of carbonyl (C=O) groups is 1. The maximum atomic E-state index is 12.3. The second-order valence-corrected chi connectivity index (χ2v) is 5.22. The summed E-state index contributed by atoms with van der Waals surface area (Å²) in [5.74, 6) is -1.09. The third-order valence-electron chi connectivity index (χ3n) is 3.56. The van der Waals surface area contributed by atoms with Crippen LogP contribution in [0.4, 0.5) is 8.78 Å². The van der Waals surface area contributed by atoms with E-state index in [1.807, 2.05) is 0 Å². The van der Waals surface area contributed by atoms with Crippen LogP contribution in [0.1, 0.15) is 10.4 Å². The van der Waals surface area contributed by atoms with Crippen LogP contribution in [0.3, 0.4) is 0 Å². The van der Waals surface area contributed by atoms with Gasteiger partial charge in [-0.3, -0.25) is 4.79 Å². The summed E-state index contributed by atoms with van der Waals surface area (Å²) in [4.78, 5) is 24.5. The molecule has 0 atom stereocenters. The standard InChI is InChI=1S/C17H13F2N3O5/c1-25-14-8-10(6-7-13(14)27-17(18)19)16(24)26-9-22-15(23)11-4-2-3-5-12(11)20-21-22/h2-8,17H,9H2,1H3. The Bertz CT molecular complexity index is 1040. The minimum Gasteiger partial charge on any atom is -0.493 e. The van der Waals surface area contributed by atoms with E-state index >= 15 is 0 Å². The first-order chi connectivity index (χ1) is 13.0. The predicted octanol–water partition coefficient (Wildman–Crippen LogP) is 2.22. The number of rotatable bonds is 6. The third kappa shape index (κ3) is 4.00. The van der Waals surface area contributed by atoms with Gasteiger partial charge in [-0.25, -0.2) is 4.79 Å². The Morgan fingerprint density at radius 1 is 1.19 bits per heavy atom. The second kappa shape index (κ2) is 7.77. The zero-order valence-electron chi connectivity index (χ0n) is 14.0. The molecular formula is C17H13F2N3O5. The Morgan fingerprint density at radius 2 is 1.96 bits per heavy atom. The number of nitrogens with zero attached hydrogens (tertiary/aromatic N) is 3. The number of esters is 1. The Hall–Kier alpha value is -3.56. The Labute approximate surface area is 150 Å². The number of aromatic nitrogens is 3. The van der Waals surface area contributed by atoms with Crippen LogP contribution >= 0.6 is 0 Å². The van der Waals surface area contributed by atoms with Crippen molar-refractivity contribution in [1.82, 2.24) is 15.0 Å². The second-order valence-electron chi connectivity index (χ2n) is 5.22. The van der Waals surface area contributed by atoms with Crippen LogP contribution in [0.25, 0.3) is 10.9 Å². The van der Waals surface area contributed by atoms with Crippen LogP contribution in [-0.4, -0.2) is 34.7 Å². The van der Waals surface area contributed by atoms with Gasteiger partial charge in [0.2, 0.25) is 0 Å². The van der Waals surface area contributed by atoms with Gasteiger partial charge in [-0.2, -0.15) is 13.5 Å². The number of hydrogen-bond donors (Lipinski definition) is 0. The highest BCUT2D eigenvalue weighted by molar-refractivity contribution is 5.90.